The van der Waals surface area contributed by atoms with Crippen molar-refractivity contribution >= 4 is 5.97 Å². The third kappa shape index (κ3) is 6.03. The Morgan fingerprint density at radius 1 is 1.47 bits per heavy atom. The summed E-state index contributed by atoms with van der Waals surface area (Å²) in [6.07, 6.45) is 6.99. The van der Waals surface area contributed by atoms with Gasteiger partial charge in [0.05, 0.1) is 6.10 Å². The van der Waals surface area contributed by atoms with Crippen molar-refractivity contribution in [3.8, 4) is 0 Å². The molecule has 0 aromatic carbocycles. The zero-order chi connectivity index (χ0) is 12.5. The molecule has 0 saturated carbocycles. The third-order valence-electron chi connectivity index (χ3n) is 3.05. The van der Waals surface area contributed by atoms with Crippen LogP contribution in [0.2, 0.25) is 0 Å². The van der Waals surface area contributed by atoms with Crippen LogP contribution in [0.1, 0.15) is 51.9 Å². The van der Waals surface area contributed by atoms with Crippen molar-refractivity contribution in [1.82, 2.24) is 0 Å². The molecule has 0 unspecified atom stereocenters. The first-order valence-electron chi connectivity index (χ1n) is 6.56. The van der Waals surface area contributed by atoms with E-state index in [4.69, 9.17) is 14.2 Å². The van der Waals surface area contributed by atoms with E-state index in [1.54, 1.807) is 7.11 Å². The van der Waals surface area contributed by atoms with E-state index >= 15 is 0 Å². The molecule has 1 rings (SSSR count). The highest BCUT2D eigenvalue weighted by Crippen LogP contribution is 2.22. The maximum Gasteiger partial charge on any atom is 0.306 e. The number of carbonyl (C=O) groups is 1. The summed E-state index contributed by atoms with van der Waals surface area (Å²) >= 11 is 0. The van der Waals surface area contributed by atoms with E-state index in [0.29, 0.717) is 13.2 Å². The third-order valence-corrected chi connectivity index (χ3v) is 3.05. The van der Waals surface area contributed by atoms with Crippen LogP contribution in [-0.2, 0) is 19.0 Å². The molecule has 1 aliphatic heterocycles. The second-order valence-electron chi connectivity index (χ2n) is 4.58. The second kappa shape index (κ2) is 8.48. The standard InChI is InChI=1S/C13H24O4/c1-3-4-5-6-11(16-10-15-2)9-12-7-8-13(14)17-12/h11-12H,3-10H2,1-2H3/t11-,12-/m0/s1. The van der Waals surface area contributed by atoms with Crippen molar-refractivity contribution < 1.29 is 19.0 Å². The first-order chi connectivity index (χ1) is 8.26. The van der Waals surface area contributed by atoms with Gasteiger partial charge in [-0.25, -0.2) is 0 Å². The molecule has 0 amide bonds. The highest BCUT2D eigenvalue weighted by atomic mass is 16.7. The Morgan fingerprint density at radius 2 is 2.29 bits per heavy atom. The Labute approximate surface area is 104 Å². The molecule has 1 heterocycles. The average Bonchev–Trinajstić information content (AvgIpc) is 2.72. The molecular weight excluding hydrogens is 220 g/mol. The normalized spacial score (nSPS) is 21.5. The fraction of sp³-hybridized carbons (Fsp3) is 0.923. The first kappa shape index (κ1) is 14.5. The summed E-state index contributed by atoms with van der Waals surface area (Å²) in [4.78, 5) is 11.0. The van der Waals surface area contributed by atoms with Crippen LogP contribution in [0.25, 0.3) is 0 Å². The van der Waals surface area contributed by atoms with Crippen molar-refractivity contribution in [2.45, 2.75) is 64.1 Å². The molecule has 17 heavy (non-hydrogen) atoms. The smallest absolute Gasteiger partial charge is 0.306 e. The van der Waals surface area contributed by atoms with E-state index in [1.807, 2.05) is 0 Å². The Balaban J connectivity index is 2.25. The number of carbonyl (C=O) groups excluding carboxylic acids is 1. The van der Waals surface area contributed by atoms with Gasteiger partial charge < -0.3 is 14.2 Å². The highest BCUT2D eigenvalue weighted by Gasteiger charge is 2.26. The lowest BCUT2D eigenvalue weighted by atomic mass is 10.0. The van der Waals surface area contributed by atoms with Crippen molar-refractivity contribution in [2.75, 3.05) is 13.9 Å². The molecule has 100 valence electrons. The van der Waals surface area contributed by atoms with E-state index in [0.717, 1.165) is 25.7 Å². The van der Waals surface area contributed by atoms with Crippen LogP contribution in [0.4, 0.5) is 0 Å². The molecule has 1 fully saturated rings. The highest BCUT2D eigenvalue weighted by molar-refractivity contribution is 5.71. The predicted octanol–water partition coefficient (Wildman–Crippen LogP) is 2.65. The minimum absolute atomic E-state index is 0.0472. The maximum atomic E-state index is 11.0. The number of esters is 1. The quantitative estimate of drug-likeness (QED) is 0.355. The van der Waals surface area contributed by atoms with E-state index in [-0.39, 0.29) is 18.2 Å². The molecule has 0 spiro atoms. The fourth-order valence-electron chi connectivity index (χ4n) is 2.10. The number of cyclic esters (lactones) is 1. The largest absolute Gasteiger partial charge is 0.462 e. The summed E-state index contributed by atoms with van der Waals surface area (Å²) in [5.74, 6) is -0.0750. The van der Waals surface area contributed by atoms with Gasteiger partial charge in [-0.15, -0.1) is 0 Å². The van der Waals surface area contributed by atoms with Crippen LogP contribution in [0.15, 0.2) is 0 Å². The van der Waals surface area contributed by atoms with Gasteiger partial charge in [-0.3, -0.25) is 4.79 Å². The van der Waals surface area contributed by atoms with Crippen molar-refractivity contribution in [3.05, 3.63) is 0 Å². The van der Waals surface area contributed by atoms with Gasteiger partial charge in [0, 0.05) is 20.0 Å². The number of ether oxygens (including phenoxy) is 3. The summed E-state index contributed by atoms with van der Waals surface area (Å²) < 4.78 is 15.8. The summed E-state index contributed by atoms with van der Waals surface area (Å²) in [5, 5.41) is 0. The molecule has 0 N–H and O–H groups in total. The zero-order valence-corrected chi connectivity index (χ0v) is 10.9. The monoisotopic (exact) mass is 244 g/mol. The van der Waals surface area contributed by atoms with Gasteiger partial charge in [0.15, 0.2) is 0 Å². The average molecular weight is 244 g/mol. The summed E-state index contributed by atoms with van der Waals surface area (Å²) in [7, 11) is 1.62. The topological polar surface area (TPSA) is 44.8 Å². The Morgan fingerprint density at radius 3 is 2.88 bits per heavy atom. The summed E-state index contributed by atoms with van der Waals surface area (Å²) in [5.41, 5.74) is 0. The van der Waals surface area contributed by atoms with E-state index in [9.17, 15) is 4.79 Å². The molecular formula is C13H24O4. The first-order valence-corrected chi connectivity index (χ1v) is 6.56. The van der Waals surface area contributed by atoms with Crippen LogP contribution in [-0.4, -0.2) is 32.1 Å². The molecule has 0 aromatic heterocycles. The van der Waals surface area contributed by atoms with Crippen LogP contribution >= 0.6 is 0 Å². The van der Waals surface area contributed by atoms with Crippen molar-refractivity contribution in [3.63, 3.8) is 0 Å². The molecule has 0 aliphatic carbocycles. The fourth-order valence-corrected chi connectivity index (χ4v) is 2.10. The van der Waals surface area contributed by atoms with E-state index < -0.39 is 0 Å². The lowest BCUT2D eigenvalue weighted by Gasteiger charge is -2.20. The molecule has 0 aromatic rings. The Kier molecular flexibility index (Phi) is 7.21. The summed E-state index contributed by atoms with van der Waals surface area (Å²) in [6.45, 7) is 2.50. The molecule has 0 radical (unpaired) electrons. The van der Waals surface area contributed by atoms with Gasteiger partial charge in [0.2, 0.25) is 0 Å². The predicted molar refractivity (Wildman–Crippen MR) is 64.6 cm³/mol. The molecule has 2 atom stereocenters. The van der Waals surface area contributed by atoms with Gasteiger partial charge in [-0.2, -0.15) is 0 Å². The van der Waals surface area contributed by atoms with Gasteiger partial charge in [0.25, 0.3) is 0 Å². The molecule has 0 bridgehead atoms. The number of hydrogen-bond donors (Lipinski definition) is 0. The Hall–Kier alpha value is -0.610. The van der Waals surface area contributed by atoms with E-state index in [1.165, 1.54) is 12.8 Å². The number of rotatable bonds is 9. The van der Waals surface area contributed by atoms with Crippen LogP contribution < -0.4 is 0 Å². The van der Waals surface area contributed by atoms with Crippen molar-refractivity contribution in [2.24, 2.45) is 0 Å². The second-order valence-corrected chi connectivity index (χ2v) is 4.58. The van der Waals surface area contributed by atoms with Gasteiger partial charge in [-0.05, 0) is 12.8 Å². The van der Waals surface area contributed by atoms with Gasteiger partial charge >= 0.3 is 5.97 Å². The SMILES string of the molecule is CCCCC[C@@H](C[C@@H]1CCC(=O)O1)OCOC. The number of unbranched alkanes of at least 4 members (excludes halogenated alkanes) is 2. The molecule has 1 saturated heterocycles. The lowest BCUT2D eigenvalue weighted by Crippen LogP contribution is -2.22. The van der Waals surface area contributed by atoms with Crippen LogP contribution in [0, 0.1) is 0 Å². The minimum Gasteiger partial charge on any atom is -0.462 e. The maximum absolute atomic E-state index is 11.0. The number of methoxy groups -OCH3 is 1. The molecule has 1 aliphatic rings. The Bertz CT molecular complexity index is 217. The van der Waals surface area contributed by atoms with E-state index in [2.05, 4.69) is 6.92 Å². The molecule has 4 nitrogen and oxygen atoms in total. The lowest BCUT2D eigenvalue weighted by molar-refractivity contribution is -0.143. The van der Waals surface area contributed by atoms with Crippen molar-refractivity contribution in [1.29, 1.82) is 0 Å². The molecule has 4 heteroatoms. The van der Waals surface area contributed by atoms with Gasteiger partial charge in [0.1, 0.15) is 12.9 Å². The summed E-state index contributed by atoms with van der Waals surface area (Å²) in [6, 6.07) is 0. The van der Waals surface area contributed by atoms with Gasteiger partial charge in [-0.1, -0.05) is 26.2 Å². The van der Waals surface area contributed by atoms with Crippen LogP contribution in [0.3, 0.4) is 0 Å². The number of hydrogen-bond acceptors (Lipinski definition) is 4. The zero-order valence-electron chi connectivity index (χ0n) is 10.9. The van der Waals surface area contributed by atoms with Crippen LogP contribution in [0.5, 0.6) is 0 Å². The minimum atomic E-state index is -0.0750.